The fourth-order valence-corrected chi connectivity index (χ4v) is 3.41. The molecule has 0 saturated carbocycles. The molecule has 8 nitrogen and oxygen atoms in total. The first kappa shape index (κ1) is 19.7. The van der Waals surface area contributed by atoms with Gasteiger partial charge in [-0.2, -0.15) is 9.78 Å². The van der Waals surface area contributed by atoms with Crippen LogP contribution in [-0.4, -0.2) is 31.7 Å². The molecule has 5 rings (SSSR count). The Morgan fingerprint density at radius 3 is 2.41 bits per heavy atom. The molecule has 3 N–H and O–H groups in total. The van der Waals surface area contributed by atoms with Crippen LogP contribution in [0.5, 0.6) is 0 Å². The van der Waals surface area contributed by atoms with E-state index in [1.54, 1.807) is 55.0 Å². The number of nitrogen functional groups attached to an aromatic ring is 1. The highest BCUT2D eigenvalue weighted by atomic mass is 35.5. The van der Waals surface area contributed by atoms with Gasteiger partial charge in [0.2, 0.25) is 0 Å². The summed E-state index contributed by atoms with van der Waals surface area (Å²) in [4.78, 5) is 26.5. The van der Waals surface area contributed by atoms with Gasteiger partial charge >= 0.3 is 0 Å². The lowest BCUT2D eigenvalue weighted by molar-refractivity contribution is 0.102. The number of nitrogens with two attached hydrogens (primary N) is 1. The fourth-order valence-electron chi connectivity index (χ4n) is 3.29. The van der Waals surface area contributed by atoms with Crippen molar-refractivity contribution >= 4 is 57.4 Å². The van der Waals surface area contributed by atoms with E-state index >= 15 is 0 Å². The molecular weight excluding hydrogens is 426 g/mol. The number of pyridine rings is 1. The standard InChI is InChI=1S/C23H16ClN7O/c24-15-5-7-16(8-6-15)28-23(32)19-20-22(30-18-4-2-1-3-17(18)29-20)31(21(19)25)27-13-14-9-11-26-12-10-14/h1-13H,25H2,(H,28,32). The van der Waals surface area contributed by atoms with Gasteiger partial charge < -0.3 is 11.1 Å². The summed E-state index contributed by atoms with van der Waals surface area (Å²) in [6, 6.07) is 17.8. The Labute approximate surface area is 187 Å². The number of anilines is 2. The Morgan fingerprint density at radius 2 is 1.69 bits per heavy atom. The van der Waals surface area contributed by atoms with Crippen molar-refractivity contribution < 1.29 is 4.79 Å². The number of hydrogen-bond donors (Lipinski definition) is 2. The molecule has 1 amide bonds. The van der Waals surface area contributed by atoms with Gasteiger partial charge in [0.15, 0.2) is 5.65 Å². The molecule has 0 radical (unpaired) electrons. The summed E-state index contributed by atoms with van der Waals surface area (Å²) in [5.74, 6) is -0.288. The van der Waals surface area contributed by atoms with E-state index < -0.39 is 5.91 Å². The predicted octanol–water partition coefficient (Wildman–Crippen LogP) is 4.35. The molecule has 0 unspecified atom stereocenters. The number of para-hydroxylation sites is 2. The molecule has 3 aromatic heterocycles. The molecule has 0 aliphatic rings. The average Bonchev–Trinajstić information content (AvgIpc) is 3.08. The Morgan fingerprint density at radius 1 is 1.00 bits per heavy atom. The second kappa shape index (κ2) is 8.09. The first-order valence-electron chi connectivity index (χ1n) is 9.68. The van der Waals surface area contributed by atoms with Crippen molar-refractivity contribution in [3.8, 4) is 0 Å². The number of rotatable bonds is 4. The number of amides is 1. The van der Waals surface area contributed by atoms with Gasteiger partial charge in [-0.1, -0.05) is 23.7 Å². The average molecular weight is 442 g/mol. The maximum absolute atomic E-state index is 13.2. The number of carbonyl (C=O) groups excluding carboxylic acids is 1. The van der Waals surface area contributed by atoms with Crippen LogP contribution in [-0.2, 0) is 0 Å². The van der Waals surface area contributed by atoms with E-state index in [-0.39, 0.29) is 11.4 Å². The largest absolute Gasteiger partial charge is 0.383 e. The van der Waals surface area contributed by atoms with Crippen molar-refractivity contribution in [2.24, 2.45) is 5.10 Å². The minimum Gasteiger partial charge on any atom is -0.383 e. The van der Waals surface area contributed by atoms with E-state index in [0.29, 0.717) is 32.9 Å². The molecule has 0 atom stereocenters. The van der Waals surface area contributed by atoms with Crippen LogP contribution in [0.2, 0.25) is 5.02 Å². The van der Waals surface area contributed by atoms with Gasteiger partial charge in [-0.3, -0.25) is 9.78 Å². The van der Waals surface area contributed by atoms with Crippen molar-refractivity contribution in [2.45, 2.75) is 0 Å². The number of nitrogens with one attached hydrogen (secondary N) is 1. The molecule has 0 aliphatic carbocycles. The van der Waals surface area contributed by atoms with E-state index in [4.69, 9.17) is 17.3 Å². The molecule has 32 heavy (non-hydrogen) atoms. The molecule has 156 valence electrons. The highest BCUT2D eigenvalue weighted by Gasteiger charge is 2.24. The van der Waals surface area contributed by atoms with Crippen molar-refractivity contribution in [1.29, 1.82) is 0 Å². The summed E-state index contributed by atoms with van der Waals surface area (Å²) in [7, 11) is 0. The summed E-state index contributed by atoms with van der Waals surface area (Å²) in [6.45, 7) is 0. The van der Waals surface area contributed by atoms with Gasteiger partial charge in [0.25, 0.3) is 5.91 Å². The summed E-state index contributed by atoms with van der Waals surface area (Å²) >= 11 is 5.94. The normalized spacial score (nSPS) is 11.4. The number of hydrogen-bond acceptors (Lipinski definition) is 6. The van der Waals surface area contributed by atoms with Crippen LogP contribution in [0.3, 0.4) is 0 Å². The Hall–Kier alpha value is -4.30. The van der Waals surface area contributed by atoms with Gasteiger partial charge in [0, 0.05) is 23.1 Å². The Kier molecular flexibility index (Phi) is 4.97. The van der Waals surface area contributed by atoms with E-state index in [1.165, 1.54) is 4.68 Å². The zero-order valence-electron chi connectivity index (χ0n) is 16.6. The molecule has 0 aliphatic heterocycles. The molecule has 5 aromatic rings. The van der Waals surface area contributed by atoms with Crippen LogP contribution < -0.4 is 11.1 Å². The van der Waals surface area contributed by atoms with Gasteiger partial charge in [-0.05, 0) is 54.1 Å². The number of benzene rings is 2. The van der Waals surface area contributed by atoms with Crippen molar-refractivity contribution in [3.05, 3.63) is 89.2 Å². The molecule has 9 heteroatoms. The molecule has 0 bridgehead atoms. The second-order valence-corrected chi connectivity index (χ2v) is 7.38. The zero-order valence-corrected chi connectivity index (χ0v) is 17.4. The Bertz CT molecular complexity index is 1480. The Balaban J connectivity index is 1.66. The SMILES string of the molecule is Nc1c(C(=O)Nc2ccc(Cl)cc2)c2nc3ccccc3nc2n1N=Cc1ccncc1. The zero-order chi connectivity index (χ0) is 22.1. The summed E-state index contributed by atoms with van der Waals surface area (Å²) in [6.07, 6.45) is 4.95. The third kappa shape index (κ3) is 3.63. The first-order chi connectivity index (χ1) is 15.6. The minimum absolute atomic E-state index is 0.132. The summed E-state index contributed by atoms with van der Waals surface area (Å²) < 4.78 is 1.42. The van der Waals surface area contributed by atoms with Crippen LogP contribution in [0, 0.1) is 0 Å². The second-order valence-electron chi connectivity index (χ2n) is 6.94. The monoisotopic (exact) mass is 441 g/mol. The van der Waals surface area contributed by atoms with Gasteiger partial charge in [0.1, 0.15) is 16.9 Å². The third-order valence-corrected chi connectivity index (χ3v) is 5.08. The summed E-state index contributed by atoms with van der Waals surface area (Å²) in [5, 5.41) is 7.88. The maximum Gasteiger partial charge on any atom is 0.261 e. The lowest BCUT2D eigenvalue weighted by atomic mass is 10.2. The van der Waals surface area contributed by atoms with Crippen LogP contribution in [0.25, 0.3) is 22.2 Å². The third-order valence-electron chi connectivity index (χ3n) is 4.83. The summed E-state index contributed by atoms with van der Waals surface area (Å²) in [5.41, 5.74) is 10.1. The molecule has 3 heterocycles. The highest BCUT2D eigenvalue weighted by molar-refractivity contribution is 6.30. The van der Waals surface area contributed by atoms with Crippen LogP contribution in [0.1, 0.15) is 15.9 Å². The topological polar surface area (TPSA) is 111 Å². The lowest BCUT2D eigenvalue weighted by Gasteiger charge is -2.05. The lowest BCUT2D eigenvalue weighted by Crippen LogP contribution is -2.14. The van der Waals surface area contributed by atoms with E-state index in [0.717, 1.165) is 5.56 Å². The number of aromatic nitrogens is 4. The van der Waals surface area contributed by atoms with E-state index in [1.807, 2.05) is 24.3 Å². The molecule has 0 saturated heterocycles. The van der Waals surface area contributed by atoms with Crippen LogP contribution in [0.15, 0.2) is 78.2 Å². The number of nitrogens with zero attached hydrogens (tertiary/aromatic N) is 5. The van der Waals surface area contributed by atoms with E-state index in [9.17, 15) is 4.79 Å². The minimum atomic E-state index is -0.419. The highest BCUT2D eigenvalue weighted by Crippen LogP contribution is 2.28. The maximum atomic E-state index is 13.2. The molecule has 2 aromatic carbocycles. The van der Waals surface area contributed by atoms with Crippen molar-refractivity contribution in [3.63, 3.8) is 0 Å². The first-order valence-corrected chi connectivity index (χ1v) is 10.1. The molecule has 0 spiro atoms. The number of carbonyl (C=O) groups is 1. The molecule has 0 fully saturated rings. The number of fused-ring (bicyclic) bond motifs is 2. The van der Waals surface area contributed by atoms with Gasteiger partial charge in [-0.25, -0.2) is 9.97 Å². The predicted molar refractivity (Wildman–Crippen MR) is 126 cm³/mol. The van der Waals surface area contributed by atoms with E-state index in [2.05, 4.69) is 25.4 Å². The van der Waals surface area contributed by atoms with Crippen LogP contribution in [0.4, 0.5) is 11.5 Å². The smallest absolute Gasteiger partial charge is 0.261 e. The quantitative estimate of drug-likeness (QED) is 0.403. The number of halogens is 1. The molecular formula is C23H16ClN7O. The van der Waals surface area contributed by atoms with Crippen LogP contribution >= 0.6 is 11.6 Å². The van der Waals surface area contributed by atoms with Crippen molar-refractivity contribution in [1.82, 2.24) is 19.6 Å². The fraction of sp³-hybridized carbons (Fsp3) is 0. The van der Waals surface area contributed by atoms with Gasteiger partial charge in [0.05, 0.1) is 17.2 Å². The van der Waals surface area contributed by atoms with Gasteiger partial charge in [-0.15, -0.1) is 0 Å². The van der Waals surface area contributed by atoms with Crippen molar-refractivity contribution in [2.75, 3.05) is 11.1 Å².